The predicted molar refractivity (Wildman–Crippen MR) is 107 cm³/mol. The van der Waals surface area contributed by atoms with Crippen LogP contribution in [0.4, 0.5) is 10.1 Å². The average molecular weight is 408 g/mol. The summed E-state index contributed by atoms with van der Waals surface area (Å²) in [6, 6.07) is 11.4. The number of hydrogen-bond donors (Lipinski definition) is 1. The highest BCUT2D eigenvalue weighted by molar-refractivity contribution is 7.92. The molecule has 6 nitrogen and oxygen atoms in total. The van der Waals surface area contributed by atoms with Crippen LogP contribution in [0.15, 0.2) is 48.5 Å². The molecule has 0 radical (unpaired) electrons. The molecule has 1 N–H and O–H groups in total. The van der Waals surface area contributed by atoms with E-state index in [0.29, 0.717) is 18.0 Å². The highest BCUT2D eigenvalue weighted by Crippen LogP contribution is 2.25. The molecule has 2 rings (SSSR count). The summed E-state index contributed by atoms with van der Waals surface area (Å²) in [5, 5.41) is 2.73. The molecule has 0 fully saturated rings. The number of rotatable bonds is 9. The summed E-state index contributed by atoms with van der Waals surface area (Å²) in [7, 11) is -3.71. The second-order valence-corrected chi connectivity index (χ2v) is 8.11. The van der Waals surface area contributed by atoms with Crippen LogP contribution in [-0.4, -0.2) is 33.2 Å². The Balaban J connectivity index is 2.21. The minimum atomic E-state index is -3.71. The monoisotopic (exact) mass is 408 g/mol. The smallest absolute Gasteiger partial charge is 0.244 e. The molecule has 2 aromatic carbocycles. The lowest BCUT2D eigenvalue weighted by molar-refractivity contribution is -0.122. The van der Waals surface area contributed by atoms with Crippen molar-refractivity contribution in [3.63, 3.8) is 0 Å². The van der Waals surface area contributed by atoms with Crippen LogP contribution in [0.3, 0.4) is 0 Å². The van der Waals surface area contributed by atoms with E-state index in [9.17, 15) is 17.6 Å². The molecule has 1 amide bonds. The van der Waals surface area contributed by atoms with Crippen LogP contribution in [0.1, 0.15) is 25.8 Å². The van der Waals surface area contributed by atoms with Crippen molar-refractivity contribution < 1.29 is 22.3 Å². The van der Waals surface area contributed by atoms with Crippen LogP contribution >= 0.6 is 0 Å². The Morgan fingerprint density at radius 1 is 1.11 bits per heavy atom. The molecule has 0 saturated heterocycles. The minimum absolute atomic E-state index is 0.177. The second-order valence-electron chi connectivity index (χ2n) is 6.25. The fourth-order valence-electron chi connectivity index (χ4n) is 2.83. The average Bonchev–Trinajstić information content (AvgIpc) is 2.65. The van der Waals surface area contributed by atoms with Crippen molar-refractivity contribution in [3.8, 4) is 5.75 Å². The van der Waals surface area contributed by atoms with Gasteiger partial charge in [0, 0.05) is 6.54 Å². The van der Waals surface area contributed by atoms with Crippen LogP contribution in [-0.2, 0) is 21.4 Å². The van der Waals surface area contributed by atoms with Crippen LogP contribution in [0.25, 0.3) is 0 Å². The largest absolute Gasteiger partial charge is 0.494 e. The maximum atomic E-state index is 13.0. The number of benzene rings is 2. The molecule has 0 aromatic heterocycles. The van der Waals surface area contributed by atoms with Gasteiger partial charge in [0.2, 0.25) is 15.9 Å². The molecule has 0 aliphatic rings. The van der Waals surface area contributed by atoms with Crippen molar-refractivity contribution in [2.24, 2.45) is 0 Å². The van der Waals surface area contributed by atoms with Gasteiger partial charge in [-0.2, -0.15) is 0 Å². The number of anilines is 1. The quantitative estimate of drug-likeness (QED) is 0.692. The molecule has 0 aliphatic carbocycles. The van der Waals surface area contributed by atoms with E-state index >= 15 is 0 Å². The number of hydrogen-bond acceptors (Lipinski definition) is 4. The molecule has 1 atom stereocenters. The summed E-state index contributed by atoms with van der Waals surface area (Å²) in [5.74, 6) is -0.167. The lowest BCUT2D eigenvalue weighted by Crippen LogP contribution is -2.49. The van der Waals surface area contributed by atoms with Gasteiger partial charge >= 0.3 is 0 Å². The first-order valence-electron chi connectivity index (χ1n) is 9.00. The number of ether oxygens (including phenoxy) is 1. The minimum Gasteiger partial charge on any atom is -0.494 e. The molecule has 0 unspecified atom stereocenters. The SMILES string of the molecule is CCOc1ccc(N([C@@H](CC)C(=O)NCc2ccc(F)cc2)S(C)(=O)=O)cc1. The number of sulfonamides is 1. The number of carbonyl (C=O) groups excluding carboxylic acids is 1. The van der Waals surface area contributed by atoms with Gasteiger partial charge in [0.1, 0.15) is 17.6 Å². The van der Waals surface area contributed by atoms with Gasteiger partial charge in [-0.15, -0.1) is 0 Å². The Morgan fingerprint density at radius 2 is 1.71 bits per heavy atom. The molecule has 0 spiro atoms. The van der Waals surface area contributed by atoms with Gasteiger partial charge in [-0.3, -0.25) is 9.10 Å². The number of nitrogens with zero attached hydrogens (tertiary/aromatic N) is 1. The van der Waals surface area contributed by atoms with Gasteiger partial charge < -0.3 is 10.1 Å². The van der Waals surface area contributed by atoms with E-state index in [0.717, 1.165) is 16.1 Å². The standard InChI is InChI=1S/C20H25FN2O4S/c1-4-19(20(24)22-14-15-6-8-16(21)9-7-15)23(28(3,25)26)17-10-12-18(13-11-17)27-5-2/h6-13,19H,4-5,14H2,1-3H3,(H,22,24)/t19-/m0/s1. The van der Waals surface area contributed by atoms with Crippen LogP contribution in [0, 0.1) is 5.82 Å². The summed E-state index contributed by atoms with van der Waals surface area (Å²) in [6.45, 7) is 4.28. The van der Waals surface area contributed by atoms with Gasteiger partial charge in [-0.05, 0) is 55.3 Å². The fourth-order valence-corrected chi connectivity index (χ4v) is 4.04. The maximum Gasteiger partial charge on any atom is 0.244 e. The number of amides is 1. The molecular formula is C20H25FN2O4S. The molecule has 0 saturated carbocycles. The van der Waals surface area contributed by atoms with E-state index in [2.05, 4.69) is 5.32 Å². The normalized spacial score (nSPS) is 12.3. The lowest BCUT2D eigenvalue weighted by Gasteiger charge is -2.30. The van der Waals surface area contributed by atoms with E-state index in [1.807, 2.05) is 6.92 Å². The molecule has 28 heavy (non-hydrogen) atoms. The highest BCUT2D eigenvalue weighted by Gasteiger charge is 2.31. The second kappa shape index (κ2) is 9.54. The van der Waals surface area contributed by atoms with Gasteiger partial charge in [-0.1, -0.05) is 19.1 Å². The van der Waals surface area contributed by atoms with Crippen molar-refractivity contribution in [2.45, 2.75) is 32.9 Å². The fraction of sp³-hybridized carbons (Fsp3) is 0.350. The molecule has 2 aromatic rings. The Hall–Kier alpha value is -2.61. The summed E-state index contributed by atoms with van der Waals surface area (Å²) < 4.78 is 44.4. The Morgan fingerprint density at radius 3 is 2.21 bits per heavy atom. The maximum absolute atomic E-state index is 13.0. The first kappa shape index (κ1) is 21.7. The number of nitrogens with one attached hydrogen (secondary N) is 1. The third kappa shape index (κ3) is 5.69. The summed E-state index contributed by atoms with van der Waals surface area (Å²) >= 11 is 0. The van der Waals surface area contributed by atoms with Gasteiger partial charge in [-0.25, -0.2) is 12.8 Å². The zero-order valence-corrected chi connectivity index (χ0v) is 17.0. The van der Waals surface area contributed by atoms with E-state index in [1.54, 1.807) is 43.3 Å². The van der Waals surface area contributed by atoms with Gasteiger partial charge in [0.15, 0.2) is 0 Å². The zero-order chi connectivity index (χ0) is 20.7. The van der Waals surface area contributed by atoms with Crippen molar-refractivity contribution in [3.05, 3.63) is 59.9 Å². The van der Waals surface area contributed by atoms with Crippen molar-refractivity contribution >= 4 is 21.6 Å². The first-order chi connectivity index (χ1) is 13.3. The lowest BCUT2D eigenvalue weighted by atomic mass is 10.1. The topological polar surface area (TPSA) is 75.7 Å². The first-order valence-corrected chi connectivity index (χ1v) is 10.9. The van der Waals surface area contributed by atoms with E-state index in [1.165, 1.54) is 12.1 Å². The van der Waals surface area contributed by atoms with E-state index < -0.39 is 22.0 Å². The molecule has 0 aliphatic heterocycles. The number of halogens is 1. The Labute approximate surface area is 165 Å². The predicted octanol–water partition coefficient (Wildman–Crippen LogP) is 3.09. The van der Waals surface area contributed by atoms with Crippen LogP contribution in [0.5, 0.6) is 5.75 Å². The summed E-state index contributed by atoms with van der Waals surface area (Å²) in [6.07, 6.45) is 1.36. The van der Waals surface area contributed by atoms with Crippen molar-refractivity contribution in [1.82, 2.24) is 5.32 Å². The highest BCUT2D eigenvalue weighted by atomic mass is 32.2. The third-order valence-electron chi connectivity index (χ3n) is 4.11. The third-order valence-corrected chi connectivity index (χ3v) is 5.29. The van der Waals surface area contributed by atoms with Gasteiger partial charge in [0.25, 0.3) is 0 Å². The summed E-state index contributed by atoms with van der Waals surface area (Å²) in [5.41, 5.74) is 1.10. The Kier molecular flexibility index (Phi) is 7.39. The molecule has 0 bridgehead atoms. The van der Waals surface area contributed by atoms with Crippen LogP contribution < -0.4 is 14.4 Å². The molecule has 152 valence electrons. The molecule has 0 heterocycles. The Bertz CT molecular complexity index is 883. The van der Waals surface area contributed by atoms with E-state index in [4.69, 9.17) is 4.74 Å². The molecular weight excluding hydrogens is 383 g/mol. The summed E-state index contributed by atoms with van der Waals surface area (Å²) in [4.78, 5) is 12.7. The zero-order valence-electron chi connectivity index (χ0n) is 16.2. The van der Waals surface area contributed by atoms with Crippen molar-refractivity contribution in [2.75, 3.05) is 17.2 Å². The number of carbonyl (C=O) groups is 1. The van der Waals surface area contributed by atoms with Crippen molar-refractivity contribution in [1.29, 1.82) is 0 Å². The van der Waals surface area contributed by atoms with E-state index in [-0.39, 0.29) is 18.8 Å². The van der Waals surface area contributed by atoms with Crippen LogP contribution in [0.2, 0.25) is 0 Å². The molecule has 8 heteroatoms. The van der Waals surface area contributed by atoms with Gasteiger partial charge in [0.05, 0.1) is 18.6 Å².